The van der Waals surface area contributed by atoms with Gasteiger partial charge < -0.3 is 10.2 Å². The van der Waals surface area contributed by atoms with Crippen LogP contribution in [0.4, 0.5) is 15.9 Å². The Hall–Kier alpha value is -3.72. The lowest BCUT2D eigenvalue weighted by Crippen LogP contribution is -2.41. The minimum absolute atomic E-state index is 0.0348. The Kier molecular flexibility index (Phi) is 5.71. The fourth-order valence-corrected chi connectivity index (χ4v) is 3.72. The van der Waals surface area contributed by atoms with Crippen molar-refractivity contribution >= 4 is 17.4 Å². The van der Waals surface area contributed by atoms with Crippen molar-refractivity contribution in [3.63, 3.8) is 0 Å². The van der Waals surface area contributed by atoms with Gasteiger partial charge in [-0.2, -0.15) is 5.26 Å². The third-order valence-corrected chi connectivity index (χ3v) is 5.27. The summed E-state index contributed by atoms with van der Waals surface area (Å²) in [6.07, 6.45) is 1.68. The lowest BCUT2D eigenvalue weighted by Gasteiger charge is -2.33. The normalized spacial score (nSPS) is 16.0. The lowest BCUT2D eigenvalue weighted by molar-refractivity contribution is -0.120. The van der Waals surface area contributed by atoms with Crippen LogP contribution in [0.15, 0.2) is 66.7 Å². The molecular formula is C24H21FN4O. The van der Waals surface area contributed by atoms with Gasteiger partial charge in [0.2, 0.25) is 5.91 Å². The fourth-order valence-electron chi connectivity index (χ4n) is 3.72. The Morgan fingerprint density at radius 3 is 2.70 bits per heavy atom. The number of nitrogens with zero attached hydrogens (tertiary/aromatic N) is 3. The highest BCUT2D eigenvalue weighted by atomic mass is 19.1. The summed E-state index contributed by atoms with van der Waals surface area (Å²) >= 11 is 0. The van der Waals surface area contributed by atoms with Crippen LogP contribution < -0.4 is 10.2 Å². The van der Waals surface area contributed by atoms with Gasteiger partial charge in [-0.05, 0) is 60.4 Å². The summed E-state index contributed by atoms with van der Waals surface area (Å²) in [7, 11) is 0. The number of aromatic nitrogens is 1. The smallest absolute Gasteiger partial charge is 0.229 e. The van der Waals surface area contributed by atoms with E-state index >= 15 is 0 Å². The first-order valence-corrected chi connectivity index (χ1v) is 9.91. The molecule has 0 saturated carbocycles. The number of hydrogen-bond donors (Lipinski definition) is 1. The number of anilines is 2. The number of benzene rings is 2. The molecule has 2 heterocycles. The molecule has 0 unspecified atom stereocenters. The van der Waals surface area contributed by atoms with E-state index in [1.54, 1.807) is 18.2 Å². The van der Waals surface area contributed by atoms with Gasteiger partial charge in [0.25, 0.3) is 0 Å². The summed E-state index contributed by atoms with van der Waals surface area (Å²) < 4.78 is 13.2. The molecule has 4 rings (SSSR count). The number of nitriles is 1. The molecule has 1 atom stereocenters. The second-order valence-corrected chi connectivity index (χ2v) is 7.35. The second kappa shape index (κ2) is 8.75. The number of carbonyl (C=O) groups is 1. The molecule has 0 radical (unpaired) electrons. The highest BCUT2D eigenvalue weighted by molar-refractivity contribution is 5.93. The molecule has 5 nitrogen and oxygen atoms in total. The van der Waals surface area contributed by atoms with E-state index in [0.29, 0.717) is 17.9 Å². The van der Waals surface area contributed by atoms with Crippen LogP contribution in [0, 0.1) is 23.1 Å². The second-order valence-electron chi connectivity index (χ2n) is 7.35. The number of hydrogen-bond acceptors (Lipinski definition) is 4. The van der Waals surface area contributed by atoms with Gasteiger partial charge in [-0.15, -0.1) is 0 Å². The highest BCUT2D eigenvalue weighted by Crippen LogP contribution is 2.26. The lowest BCUT2D eigenvalue weighted by atomic mass is 9.96. The van der Waals surface area contributed by atoms with Crippen LogP contribution in [0.5, 0.6) is 0 Å². The van der Waals surface area contributed by atoms with Gasteiger partial charge in [0.1, 0.15) is 23.4 Å². The fraction of sp³-hybridized carbons (Fsp3) is 0.208. The topological polar surface area (TPSA) is 69.0 Å². The first-order chi connectivity index (χ1) is 14.6. The molecule has 1 saturated heterocycles. The summed E-state index contributed by atoms with van der Waals surface area (Å²) in [6, 6.07) is 21.2. The molecule has 1 fully saturated rings. The molecule has 2 aromatic carbocycles. The van der Waals surface area contributed by atoms with E-state index in [1.807, 2.05) is 36.4 Å². The number of carbonyl (C=O) groups excluding carboxylic acids is 1. The quantitative estimate of drug-likeness (QED) is 0.694. The number of nitrogens with one attached hydrogen (secondary N) is 1. The molecule has 0 spiro atoms. The van der Waals surface area contributed by atoms with Crippen LogP contribution in [-0.2, 0) is 4.79 Å². The first kappa shape index (κ1) is 19.6. The molecular weight excluding hydrogens is 379 g/mol. The van der Waals surface area contributed by atoms with Gasteiger partial charge in [-0.1, -0.05) is 30.3 Å². The Morgan fingerprint density at radius 2 is 1.90 bits per heavy atom. The van der Waals surface area contributed by atoms with E-state index in [-0.39, 0.29) is 17.6 Å². The minimum Gasteiger partial charge on any atom is -0.356 e. The molecule has 3 aromatic rings. The number of piperidine rings is 1. The van der Waals surface area contributed by atoms with Crippen LogP contribution >= 0.6 is 0 Å². The summed E-state index contributed by atoms with van der Waals surface area (Å²) in [5, 5.41) is 12.1. The third kappa shape index (κ3) is 4.47. The molecule has 1 amide bonds. The number of amides is 1. The zero-order valence-electron chi connectivity index (χ0n) is 16.4. The molecule has 6 heteroatoms. The van der Waals surface area contributed by atoms with Crippen molar-refractivity contribution in [1.82, 2.24) is 4.98 Å². The summed E-state index contributed by atoms with van der Waals surface area (Å²) in [4.78, 5) is 19.3. The van der Waals surface area contributed by atoms with Crippen molar-refractivity contribution in [1.29, 1.82) is 5.26 Å². The van der Waals surface area contributed by atoms with Crippen LogP contribution in [-0.4, -0.2) is 24.0 Å². The Morgan fingerprint density at radius 1 is 1.10 bits per heavy atom. The van der Waals surface area contributed by atoms with E-state index in [0.717, 1.165) is 36.3 Å². The summed E-state index contributed by atoms with van der Waals surface area (Å²) in [5.41, 5.74) is 2.88. The van der Waals surface area contributed by atoms with E-state index in [1.165, 1.54) is 12.1 Å². The van der Waals surface area contributed by atoms with Gasteiger partial charge in [0.15, 0.2) is 0 Å². The van der Waals surface area contributed by atoms with Crippen molar-refractivity contribution < 1.29 is 9.18 Å². The Labute approximate surface area is 174 Å². The predicted octanol–water partition coefficient (Wildman–Crippen LogP) is 4.61. The number of rotatable bonds is 4. The highest BCUT2D eigenvalue weighted by Gasteiger charge is 2.26. The van der Waals surface area contributed by atoms with Gasteiger partial charge in [0, 0.05) is 18.8 Å². The van der Waals surface area contributed by atoms with Crippen molar-refractivity contribution in [2.24, 2.45) is 5.92 Å². The zero-order chi connectivity index (χ0) is 20.9. The van der Waals surface area contributed by atoms with Gasteiger partial charge in [-0.25, -0.2) is 9.37 Å². The van der Waals surface area contributed by atoms with Crippen LogP contribution in [0.2, 0.25) is 0 Å². The van der Waals surface area contributed by atoms with Crippen LogP contribution in [0.25, 0.3) is 11.1 Å². The SMILES string of the molecule is N#Cc1cccc(N2CCC[C@H](C(=O)Nc3cccc(-c4ccc(F)cc4)c3)C2)n1. The third-order valence-electron chi connectivity index (χ3n) is 5.27. The maximum absolute atomic E-state index is 13.2. The molecule has 1 aliphatic rings. The number of pyridine rings is 1. The maximum atomic E-state index is 13.2. The molecule has 0 bridgehead atoms. The Bertz CT molecular complexity index is 1090. The van der Waals surface area contributed by atoms with Gasteiger partial charge in [-0.3, -0.25) is 4.79 Å². The summed E-state index contributed by atoms with van der Waals surface area (Å²) in [5.74, 6) is 0.248. The maximum Gasteiger partial charge on any atom is 0.229 e. The molecule has 1 N–H and O–H groups in total. The minimum atomic E-state index is -0.278. The molecule has 0 aliphatic carbocycles. The average molecular weight is 400 g/mol. The van der Waals surface area contributed by atoms with Crippen LogP contribution in [0.1, 0.15) is 18.5 Å². The predicted molar refractivity (Wildman–Crippen MR) is 114 cm³/mol. The van der Waals surface area contributed by atoms with Crippen molar-refractivity contribution in [3.8, 4) is 17.2 Å². The number of halogens is 1. The van der Waals surface area contributed by atoms with Gasteiger partial charge >= 0.3 is 0 Å². The molecule has 30 heavy (non-hydrogen) atoms. The van der Waals surface area contributed by atoms with E-state index in [2.05, 4.69) is 21.3 Å². The van der Waals surface area contributed by atoms with Crippen molar-refractivity contribution in [2.45, 2.75) is 12.8 Å². The molecule has 1 aliphatic heterocycles. The van der Waals surface area contributed by atoms with Crippen molar-refractivity contribution in [2.75, 3.05) is 23.3 Å². The molecule has 1 aromatic heterocycles. The van der Waals surface area contributed by atoms with Gasteiger partial charge in [0.05, 0.1) is 5.92 Å². The Balaban J connectivity index is 1.45. The van der Waals surface area contributed by atoms with Crippen molar-refractivity contribution in [3.05, 3.63) is 78.2 Å². The largest absolute Gasteiger partial charge is 0.356 e. The monoisotopic (exact) mass is 400 g/mol. The summed E-state index contributed by atoms with van der Waals surface area (Å²) in [6.45, 7) is 1.37. The standard InChI is InChI=1S/C24H21FN4O/c25-20-11-9-17(10-12-20)18-4-1-6-21(14-18)28-24(30)19-5-3-13-29(16-19)23-8-2-7-22(15-26)27-23/h1-2,4,6-12,14,19H,3,5,13,16H2,(H,28,30)/t19-/m0/s1. The van der Waals surface area contributed by atoms with Crippen LogP contribution in [0.3, 0.4) is 0 Å². The first-order valence-electron chi connectivity index (χ1n) is 9.91. The van der Waals surface area contributed by atoms with E-state index in [4.69, 9.17) is 5.26 Å². The van der Waals surface area contributed by atoms with E-state index in [9.17, 15) is 9.18 Å². The zero-order valence-corrected chi connectivity index (χ0v) is 16.4. The average Bonchev–Trinajstić information content (AvgIpc) is 2.80. The van der Waals surface area contributed by atoms with E-state index < -0.39 is 0 Å². The molecule has 150 valence electrons.